The van der Waals surface area contributed by atoms with E-state index in [0.29, 0.717) is 37.8 Å². The Kier molecular flexibility index (Phi) is 7.91. The van der Waals surface area contributed by atoms with Crippen LogP contribution in [0.1, 0.15) is 70.8 Å². The van der Waals surface area contributed by atoms with E-state index < -0.39 is 29.6 Å². The van der Waals surface area contributed by atoms with Crippen LogP contribution in [0.2, 0.25) is 0 Å². The molecule has 8 nitrogen and oxygen atoms in total. The highest BCUT2D eigenvalue weighted by molar-refractivity contribution is 6.02. The summed E-state index contributed by atoms with van der Waals surface area (Å²) in [6.07, 6.45) is 9.10. The number of carbonyl (C=O) groups is 3. The molecule has 3 fully saturated rings. The molecule has 1 spiro atoms. The highest BCUT2D eigenvalue weighted by Crippen LogP contribution is 2.55. The third-order valence-electron chi connectivity index (χ3n) is 8.61. The number of likely N-dealkylation sites (tertiary alicyclic amines) is 1. The zero-order valence-corrected chi connectivity index (χ0v) is 22.8. The molecule has 1 aromatic carbocycles. The molecule has 0 unspecified atom stereocenters. The lowest BCUT2D eigenvalue weighted by Gasteiger charge is -2.34. The molecule has 4 aliphatic rings. The van der Waals surface area contributed by atoms with Crippen LogP contribution in [0, 0.1) is 11.8 Å². The molecule has 5 rings (SSSR count). The maximum Gasteiger partial charge on any atom is 0.246 e. The lowest BCUT2D eigenvalue weighted by atomic mass is 9.74. The molecule has 1 aliphatic carbocycles. The quantitative estimate of drug-likeness (QED) is 0.359. The van der Waals surface area contributed by atoms with Gasteiger partial charge in [0.2, 0.25) is 17.7 Å². The minimum Gasteiger partial charge on any atom is -0.382 e. The standard InChI is InChI=1S/C30H41N3O5/c1-4-37-18-8-17-33-26(28(35)32-21-9-6-5-7-10-21)30-16-15-23(38-30)24(25(30)29(33)36)27(34)31-22-13-11-20(12-14-22)19(2)3/h11-16,19,21,23-26H,4-10,17-18H2,1-3H3,(H,31,34)(H,32,35)/t23-,24-,25-,26+,30-/m0/s1. The molecular weight excluding hydrogens is 482 g/mol. The molecule has 2 N–H and O–H groups in total. The average Bonchev–Trinajstić information content (AvgIpc) is 3.55. The van der Waals surface area contributed by atoms with Gasteiger partial charge in [0.15, 0.2) is 0 Å². The Morgan fingerprint density at radius 2 is 1.87 bits per heavy atom. The van der Waals surface area contributed by atoms with Crippen LogP contribution in [-0.2, 0) is 23.9 Å². The van der Waals surface area contributed by atoms with Gasteiger partial charge in [0.25, 0.3) is 0 Å². The Balaban J connectivity index is 1.38. The Hall–Kier alpha value is -2.71. The van der Waals surface area contributed by atoms with E-state index in [1.54, 1.807) is 4.90 Å². The molecule has 8 heteroatoms. The molecule has 1 aromatic rings. The fourth-order valence-corrected chi connectivity index (χ4v) is 6.69. The molecule has 1 saturated carbocycles. The van der Waals surface area contributed by atoms with Crippen LogP contribution >= 0.6 is 0 Å². The van der Waals surface area contributed by atoms with Crippen LogP contribution in [0.4, 0.5) is 5.69 Å². The Morgan fingerprint density at radius 3 is 2.55 bits per heavy atom. The van der Waals surface area contributed by atoms with E-state index in [9.17, 15) is 14.4 Å². The normalized spacial score (nSPS) is 30.2. The monoisotopic (exact) mass is 523 g/mol. The fraction of sp³-hybridized carbons (Fsp3) is 0.633. The highest BCUT2D eigenvalue weighted by Gasteiger charge is 2.72. The summed E-state index contributed by atoms with van der Waals surface area (Å²) in [5, 5.41) is 6.23. The summed E-state index contributed by atoms with van der Waals surface area (Å²) in [6, 6.07) is 7.11. The topological polar surface area (TPSA) is 97.0 Å². The molecule has 0 aromatic heterocycles. The minimum absolute atomic E-state index is 0.113. The molecule has 38 heavy (non-hydrogen) atoms. The van der Waals surface area contributed by atoms with Gasteiger partial charge in [-0.2, -0.15) is 0 Å². The number of nitrogens with one attached hydrogen (secondary N) is 2. The van der Waals surface area contributed by atoms with Crippen molar-refractivity contribution in [1.82, 2.24) is 10.2 Å². The van der Waals surface area contributed by atoms with Crippen molar-refractivity contribution in [2.45, 2.75) is 89.0 Å². The second-order valence-corrected chi connectivity index (χ2v) is 11.4. The molecular formula is C30H41N3O5. The van der Waals surface area contributed by atoms with Gasteiger partial charge < -0.3 is 25.0 Å². The number of fused-ring (bicyclic) bond motifs is 1. The molecule has 3 heterocycles. The lowest BCUT2D eigenvalue weighted by Crippen LogP contribution is -2.56. The van der Waals surface area contributed by atoms with Crippen molar-refractivity contribution in [2.24, 2.45) is 11.8 Å². The summed E-state index contributed by atoms with van der Waals surface area (Å²) < 4.78 is 11.9. The average molecular weight is 524 g/mol. The lowest BCUT2D eigenvalue weighted by molar-refractivity contribution is -0.141. The second-order valence-electron chi connectivity index (χ2n) is 11.4. The molecule has 5 atom stereocenters. The SMILES string of the molecule is CCOCCCN1C(=O)[C@@H]2[C@@H](C(=O)Nc3ccc(C(C)C)cc3)[C@@H]3C=C[C@@]2(O3)[C@H]1C(=O)NC1CCCCC1. The zero-order valence-electron chi connectivity index (χ0n) is 22.8. The number of anilines is 1. The first-order valence-corrected chi connectivity index (χ1v) is 14.3. The van der Waals surface area contributed by atoms with Gasteiger partial charge in [-0.05, 0) is 49.8 Å². The summed E-state index contributed by atoms with van der Waals surface area (Å²) in [5.41, 5.74) is 0.745. The Morgan fingerprint density at radius 1 is 1.13 bits per heavy atom. The fourth-order valence-electron chi connectivity index (χ4n) is 6.69. The summed E-state index contributed by atoms with van der Waals surface area (Å²) in [7, 11) is 0. The summed E-state index contributed by atoms with van der Waals surface area (Å²) in [6.45, 7) is 7.66. The number of rotatable bonds is 10. The van der Waals surface area contributed by atoms with E-state index in [2.05, 4.69) is 24.5 Å². The minimum atomic E-state index is -1.13. The largest absolute Gasteiger partial charge is 0.382 e. The van der Waals surface area contributed by atoms with E-state index in [4.69, 9.17) is 9.47 Å². The van der Waals surface area contributed by atoms with Gasteiger partial charge in [-0.15, -0.1) is 0 Å². The van der Waals surface area contributed by atoms with Crippen molar-refractivity contribution in [3.05, 3.63) is 42.0 Å². The van der Waals surface area contributed by atoms with Crippen molar-refractivity contribution >= 4 is 23.4 Å². The number of amides is 3. The van der Waals surface area contributed by atoms with Crippen LogP contribution in [0.25, 0.3) is 0 Å². The number of hydrogen-bond acceptors (Lipinski definition) is 5. The van der Waals surface area contributed by atoms with Gasteiger partial charge in [-0.25, -0.2) is 0 Å². The number of hydrogen-bond donors (Lipinski definition) is 2. The molecule has 3 aliphatic heterocycles. The van der Waals surface area contributed by atoms with E-state index in [1.165, 1.54) is 12.0 Å². The second kappa shape index (κ2) is 11.2. The number of carbonyl (C=O) groups excluding carboxylic acids is 3. The van der Waals surface area contributed by atoms with E-state index in [1.807, 2.05) is 43.3 Å². The predicted molar refractivity (Wildman–Crippen MR) is 145 cm³/mol. The Bertz CT molecular complexity index is 1060. The molecule has 206 valence electrons. The van der Waals surface area contributed by atoms with E-state index >= 15 is 0 Å². The first-order valence-electron chi connectivity index (χ1n) is 14.3. The molecule has 2 saturated heterocycles. The predicted octanol–water partition coefficient (Wildman–Crippen LogP) is 3.77. The smallest absolute Gasteiger partial charge is 0.246 e. The first-order chi connectivity index (χ1) is 18.4. The molecule has 3 amide bonds. The van der Waals surface area contributed by atoms with Crippen LogP contribution in [-0.4, -0.2) is 66.2 Å². The van der Waals surface area contributed by atoms with Gasteiger partial charge in [0, 0.05) is 31.5 Å². The molecule has 2 bridgehead atoms. The van der Waals surface area contributed by atoms with Gasteiger partial charge in [0.05, 0.1) is 17.9 Å². The van der Waals surface area contributed by atoms with Crippen molar-refractivity contribution < 1.29 is 23.9 Å². The third kappa shape index (κ3) is 4.89. The van der Waals surface area contributed by atoms with Crippen LogP contribution in [0.3, 0.4) is 0 Å². The highest BCUT2D eigenvalue weighted by atomic mass is 16.5. The van der Waals surface area contributed by atoms with Crippen molar-refractivity contribution in [2.75, 3.05) is 25.1 Å². The summed E-state index contributed by atoms with van der Waals surface area (Å²) >= 11 is 0. The van der Waals surface area contributed by atoms with Crippen LogP contribution in [0.5, 0.6) is 0 Å². The molecule has 0 radical (unpaired) electrons. The Labute approximate surface area is 225 Å². The zero-order chi connectivity index (χ0) is 26.9. The number of ether oxygens (including phenoxy) is 2. The van der Waals surface area contributed by atoms with Crippen LogP contribution < -0.4 is 10.6 Å². The van der Waals surface area contributed by atoms with Crippen molar-refractivity contribution in [3.8, 4) is 0 Å². The summed E-state index contributed by atoms with van der Waals surface area (Å²) in [5.74, 6) is -1.65. The van der Waals surface area contributed by atoms with Crippen molar-refractivity contribution in [1.29, 1.82) is 0 Å². The number of nitrogens with zero attached hydrogens (tertiary/aromatic N) is 1. The first kappa shape index (κ1) is 26.9. The third-order valence-corrected chi connectivity index (χ3v) is 8.61. The van der Waals surface area contributed by atoms with E-state index in [-0.39, 0.29) is 23.8 Å². The van der Waals surface area contributed by atoms with Gasteiger partial charge in [0.1, 0.15) is 11.6 Å². The maximum atomic E-state index is 13.9. The van der Waals surface area contributed by atoms with Crippen LogP contribution in [0.15, 0.2) is 36.4 Å². The van der Waals surface area contributed by atoms with Gasteiger partial charge in [-0.3, -0.25) is 14.4 Å². The van der Waals surface area contributed by atoms with Gasteiger partial charge in [-0.1, -0.05) is 57.4 Å². The van der Waals surface area contributed by atoms with E-state index in [0.717, 1.165) is 25.7 Å². The number of benzene rings is 1. The van der Waals surface area contributed by atoms with Crippen molar-refractivity contribution in [3.63, 3.8) is 0 Å². The summed E-state index contributed by atoms with van der Waals surface area (Å²) in [4.78, 5) is 43.0. The maximum absolute atomic E-state index is 13.9. The van der Waals surface area contributed by atoms with Gasteiger partial charge >= 0.3 is 0 Å².